The Hall–Kier alpha value is -2.41. The summed E-state index contributed by atoms with van der Waals surface area (Å²) in [5.74, 6) is -1.18. The highest BCUT2D eigenvalue weighted by Crippen LogP contribution is 2.29. The van der Waals surface area contributed by atoms with Crippen molar-refractivity contribution in [2.45, 2.75) is 6.92 Å². The summed E-state index contributed by atoms with van der Waals surface area (Å²) < 4.78 is 0. The van der Waals surface area contributed by atoms with E-state index in [4.69, 9.17) is 0 Å². The monoisotopic (exact) mass is 273 g/mol. The number of hydrogen-bond donors (Lipinski definition) is 0. The number of hydrogen-bond acceptors (Lipinski definition) is 6. The fraction of sp³-hybridized carbons (Fsp3) is 0.0833. The summed E-state index contributed by atoms with van der Waals surface area (Å²) >= 11 is 1.08. The van der Waals surface area contributed by atoms with Gasteiger partial charge in [-0.1, -0.05) is 0 Å². The van der Waals surface area contributed by atoms with Crippen molar-refractivity contribution < 1.29 is 14.4 Å². The highest BCUT2D eigenvalue weighted by Gasteiger charge is 2.39. The van der Waals surface area contributed by atoms with Gasteiger partial charge in [-0.05, 0) is 12.1 Å². The van der Waals surface area contributed by atoms with E-state index < -0.39 is 11.8 Å². The number of fused-ring (bicyclic) bond motifs is 1. The summed E-state index contributed by atoms with van der Waals surface area (Å²) in [6.07, 6.45) is 1.45. The first-order valence-corrected chi connectivity index (χ1v) is 6.28. The molecule has 94 valence electrons. The van der Waals surface area contributed by atoms with Gasteiger partial charge in [-0.3, -0.25) is 19.4 Å². The third-order valence-corrected chi connectivity index (χ3v) is 3.52. The molecule has 0 saturated heterocycles. The van der Waals surface area contributed by atoms with Gasteiger partial charge in [-0.15, -0.1) is 11.3 Å². The van der Waals surface area contributed by atoms with Crippen molar-refractivity contribution >= 4 is 34.1 Å². The maximum Gasteiger partial charge on any atom is 0.286 e. The van der Waals surface area contributed by atoms with Gasteiger partial charge in [0.25, 0.3) is 11.8 Å². The molecular weight excluding hydrogens is 266 g/mol. The van der Waals surface area contributed by atoms with E-state index >= 15 is 0 Å². The third-order valence-electron chi connectivity index (χ3n) is 2.69. The zero-order valence-corrected chi connectivity index (χ0v) is 10.6. The predicted octanol–water partition coefficient (Wildman–Crippen LogP) is 1.54. The fourth-order valence-corrected chi connectivity index (χ4v) is 2.63. The molecule has 0 aliphatic carbocycles. The topological polar surface area (TPSA) is 80.2 Å². The Morgan fingerprint density at radius 3 is 2.74 bits per heavy atom. The van der Waals surface area contributed by atoms with Crippen molar-refractivity contribution in [2.75, 3.05) is 4.90 Å². The second-order valence-electron chi connectivity index (χ2n) is 3.92. The Bertz CT molecular complexity index is 688. The van der Waals surface area contributed by atoms with Crippen molar-refractivity contribution in [2.24, 2.45) is 0 Å². The van der Waals surface area contributed by atoms with Gasteiger partial charge in [0.1, 0.15) is 11.4 Å². The van der Waals surface area contributed by atoms with E-state index in [1.807, 2.05) is 0 Å². The normalized spacial score (nSPS) is 13.8. The molecule has 3 rings (SSSR count). The largest absolute Gasteiger partial charge is 0.293 e. The van der Waals surface area contributed by atoms with Crippen molar-refractivity contribution in [3.8, 4) is 0 Å². The highest BCUT2D eigenvalue weighted by atomic mass is 32.1. The van der Waals surface area contributed by atoms with E-state index in [9.17, 15) is 14.4 Å². The number of carbonyl (C=O) groups is 3. The first-order chi connectivity index (χ1) is 9.09. The minimum absolute atomic E-state index is 0.118. The molecule has 0 N–H and O–H groups in total. The molecule has 1 aliphatic rings. The minimum Gasteiger partial charge on any atom is -0.293 e. The average Bonchev–Trinajstić information content (AvgIpc) is 2.96. The summed E-state index contributed by atoms with van der Waals surface area (Å²) in [6.45, 7) is 1.38. The van der Waals surface area contributed by atoms with Crippen LogP contribution in [0.4, 0.5) is 5.13 Å². The van der Waals surface area contributed by atoms with Gasteiger partial charge in [0.2, 0.25) is 0 Å². The Balaban J connectivity index is 2.06. The maximum absolute atomic E-state index is 12.1. The molecule has 0 saturated carbocycles. The Labute approximate surface area is 111 Å². The molecule has 0 aromatic carbocycles. The number of amides is 2. The van der Waals surface area contributed by atoms with Crippen molar-refractivity contribution in [3.63, 3.8) is 0 Å². The lowest BCUT2D eigenvalue weighted by Crippen LogP contribution is -2.29. The highest BCUT2D eigenvalue weighted by molar-refractivity contribution is 7.14. The van der Waals surface area contributed by atoms with E-state index in [0.29, 0.717) is 0 Å². The molecule has 19 heavy (non-hydrogen) atoms. The van der Waals surface area contributed by atoms with Crippen molar-refractivity contribution in [1.82, 2.24) is 9.97 Å². The van der Waals surface area contributed by atoms with Gasteiger partial charge >= 0.3 is 0 Å². The summed E-state index contributed by atoms with van der Waals surface area (Å²) in [6, 6.07) is 3.14. The number of pyridine rings is 1. The first kappa shape index (κ1) is 11.7. The van der Waals surface area contributed by atoms with Crippen LogP contribution in [0.25, 0.3) is 0 Å². The SMILES string of the molecule is CC(=O)c1csc(N2C(=O)c3cccnc3C2=O)n1. The van der Waals surface area contributed by atoms with Crippen molar-refractivity contribution in [1.29, 1.82) is 0 Å². The molecule has 3 heterocycles. The first-order valence-electron chi connectivity index (χ1n) is 5.40. The molecule has 0 bridgehead atoms. The molecule has 1 aliphatic heterocycles. The fourth-order valence-electron chi connectivity index (χ4n) is 1.77. The van der Waals surface area contributed by atoms with Crippen LogP contribution in [0.2, 0.25) is 0 Å². The molecule has 2 amide bonds. The summed E-state index contributed by atoms with van der Waals surface area (Å²) in [7, 11) is 0. The van der Waals surface area contributed by atoms with Crippen LogP contribution < -0.4 is 4.90 Å². The zero-order valence-electron chi connectivity index (χ0n) is 9.78. The predicted molar refractivity (Wildman–Crippen MR) is 67.5 cm³/mol. The Kier molecular flexibility index (Phi) is 2.49. The zero-order chi connectivity index (χ0) is 13.6. The molecule has 0 atom stereocenters. The molecule has 2 aromatic heterocycles. The van der Waals surface area contributed by atoms with Crippen LogP contribution in [0.15, 0.2) is 23.7 Å². The molecule has 0 radical (unpaired) electrons. The van der Waals surface area contributed by atoms with Crippen LogP contribution in [0.5, 0.6) is 0 Å². The van der Waals surface area contributed by atoms with Gasteiger partial charge in [0.15, 0.2) is 10.9 Å². The number of imide groups is 1. The maximum atomic E-state index is 12.1. The number of aromatic nitrogens is 2. The third kappa shape index (κ3) is 1.66. The van der Waals surface area contributed by atoms with Gasteiger partial charge in [-0.2, -0.15) is 0 Å². The molecule has 0 unspecified atom stereocenters. The number of Topliss-reactive ketones (excluding diaryl/α,β-unsaturated/α-hetero) is 1. The van der Waals surface area contributed by atoms with Crippen LogP contribution >= 0.6 is 11.3 Å². The van der Waals surface area contributed by atoms with Gasteiger partial charge in [0, 0.05) is 18.5 Å². The Morgan fingerprint density at radius 2 is 2.11 bits per heavy atom. The van der Waals surface area contributed by atoms with E-state index in [-0.39, 0.29) is 27.9 Å². The van der Waals surface area contributed by atoms with Crippen LogP contribution in [0.1, 0.15) is 38.3 Å². The summed E-state index contributed by atoms with van der Waals surface area (Å²) in [5, 5.41) is 1.72. The number of anilines is 1. The standard InChI is InChI=1S/C12H7N3O3S/c1-6(16)8-5-19-12(14-8)15-10(17)7-3-2-4-13-9(7)11(15)18/h2-5H,1H3. The van der Waals surface area contributed by atoms with Gasteiger partial charge < -0.3 is 0 Å². The molecule has 2 aromatic rings. The molecular formula is C12H7N3O3S. The lowest BCUT2D eigenvalue weighted by atomic mass is 10.2. The van der Waals surface area contributed by atoms with Crippen LogP contribution in [0.3, 0.4) is 0 Å². The second-order valence-corrected chi connectivity index (χ2v) is 4.75. The molecule has 6 nitrogen and oxygen atoms in total. The minimum atomic E-state index is -0.509. The quantitative estimate of drug-likeness (QED) is 0.612. The molecule has 0 fully saturated rings. The van der Waals surface area contributed by atoms with Crippen LogP contribution in [0, 0.1) is 0 Å². The smallest absolute Gasteiger partial charge is 0.286 e. The second kappa shape index (κ2) is 4.06. The van der Waals surface area contributed by atoms with E-state index in [1.54, 1.807) is 12.1 Å². The number of thiazole rings is 1. The average molecular weight is 273 g/mol. The van der Waals surface area contributed by atoms with Gasteiger partial charge in [0.05, 0.1) is 5.56 Å². The van der Waals surface area contributed by atoms with E-state index in [0.717, 1.165) is 16.2 Å². The summed E-state index contributed by atoms with van der Waals surface area (Å²) in [4.78, 5) is 44.3. The van der Waals surface area contributed by atoms with Crippen LogP contribution in [-0.4, -0.2) is 27.6 Å². The number of ketones is 1. The van der Waals surface area contributed by atoms with Crippen LogP contribution in [-0.2, 0) is 0 Å². The van der Waals surface area contributed by atoms with Gasteiger partial charge in [-0.25, -0.2) is 9.88 Å². The molecule has 7 heteroatoms. The van der Waals surface area contributed by atoms with E-state index in [1.165, 1.54) is 18.5 Å². The number of nitrogens with zero attached hydrogens (tertiary/aromatic N) is 3. The number of carbonyl (C=O) groups excluding carboxylic acids is 3. The lowest BCUT2D eigenvalue weighted by Gasteiger charge is -2.08. The lowest BCUT2D eigenvalue weighted by molar-refractivity contribution is 0.0921. The van der Waals surface area contributed by atoms with Crippen molar-refractivity contribution in [3.05, 3.63) is 40.7 Å². The Morgan fingerprint density at radius 1 is 1.32 bits per heavy atom. The molecule has 0 spiro atoms. The number of rotatable bonds is 2. The van der Waals surface area contributed by atoms with E-state index in [2.05, 4.69) is 9.97 Å². The summed E-state index contributed by atoms with van der Waals surface area (Å²) in [5.41, 5.74) is 0.615.